The minimum Gasteiger partial charge on any atom is -0.458 e. The van der Waals surface area contributed by atoms with Gasteiger partial charge in [-0.1, -0.05) is 19.6 Å². The zero-order valence-corrected chi connectivity index (χ0v) is 15.8. The van der Waals surface area contributed by atoms with Crippen LogP contribution in [0.4, 0.5) is 0 Å². The zero-order chi connectivity index (χ0) is 19.4. The van der Waals surface area contributed by atoms with Gasteiger partial charge in [0.1, 0.15) is 12.2 Å². The lowest BCUT2D eigenvalue weighted by atomic mass is 9.50. The van der Waals surface area contributed by atoms with Gasteiger partial charge in [0.25, 0.3) is 0 Å². The molecule has 1 heterocycles. The summed E-state index contributed by atoms with van der Waals surface area (Å²) in [7, 11) is 0. The van der Waals surface area contributed by atoms with E-state index in [9.17, 15) is 19.8 Å². The Morgan fingerprint density at radius 3 is 2.69 bits per heavy atom. The standard InChI is InChI=1S/C20H28O6/c1-6-10(2)17(22)26-15-14-11(3)18(23)25-12(14)9-19(4)13(21)7-8-20(5,24)16(15)19/h6,12-16,21,24H,3,7-9H2,1-2,4-5H3/b10-6+/t12-,13+,14+,15-,16+,19-,20-/m0/s1. The molecule has 0 unspecified atom stereocenters. The molecule has 0 amide bonds. The summed E-state index contributed by atoms with van der Waals surface area (Å²) < 4.78 is 11.3. The lowest BCUT2D eigenvalue weighted by molar-refractivity contribution is -0.234. The van der Waals surface area contributed by atoms with Crippen LogP contribution in [0.2, 0.25) is 0 Å². The molecule has 2 aliphatic carbocycles. The molecule has 1 aliphatic heterocycles. The number of allylic oxidation sites excluding steroid dienone is 1. The van der Waals surface area contributed by atoms with Gasteiger partial charge in [0.05, 0.1) is 17.6 Å². The van der Waals surface area contributed by atoms with E-state index in [0.29, 0.717) is 24.8 Å². The predicted molar refractivity (Wildman–Crippen MR) is 93.9 cm³/mol. The van der Waals surface area contributed by atoms with Crippen LogP contribution < -0.4 is 0 Å². The van der Waals surface area contributed by atoms with Crippen molar-refractivity contribution in [2.24, 2.45) is 17.3 Å². The molecule has 3 rings (SSSR count). The SMILES string of the molecule is C=C1C(=O)O[C@H]2C[C@@]3(C)[C@H](O)CC[C@](C)(O)[C@@H]3[C@@H](OC(=O)/C(C)=C/C)[C@H]12. The highest BCUT2D eigenvalue weighted by Gasteiger charge is 2.66. The number of esters is 2. The van der Waals surface area contributed by atoms with Crippen molar-refractivity contribution in [3.05, 3.63) is 23.8 Å². The van der Waals surface area contributed by atoms with Crippen molar-refractivity contribution >= 4 is 11.9 Å². The molecule has 3 fully saturated rings. The number of carbonyl (C=O) groups excluding carboxylic acids is 2. The summed E-state index contributed by atoms with van der Waals surface area (Å²) in [5, 5.41) is 21.9. The molecular formula is C20H28O6. The fourth-order valence-electron chi connectivity index (χ4n) is 5.17. The Balaban J connectivity index is 2.08. The summed E-state index contributed by atoms with van der Waals surface area (Å²) in [5.74, 6) is -2.03. The Kier molecular flexibility index (Phi) is 4.56. The van der Waals surface area contributed by atoms with Crippen LogP contribution in [0.1, 0.15) is 47.0 Å². The summed E-state index contributed by atoms with van der Waals surface area (Å²) in [6.45, 7) is 10.8. The molecule has 2 saturated carbocycles. The van der Waals surface area contributed by atoms with Gasteiger partial charge in [0.15, 0.2) is 0 Å². The number of hydrogen-bond donors (Lipinski definition) is 2. The second-order valence-electron chi connectivity index (χ2n) is 8.44. The lowest BCUT2D eigenvalue weighted by Crippen LogP contribution is -2.65. The van der Waals surface area contributed by atoms with Gasteiger partial charge >= 0.3 is 11.9 Å². The molecule has 1 saturated heterocycles. The number of fused-ring (bicyclic) bond motifs is 2. The molecule has 0 aromatic heterocycles. The van der Waals surface area contributed by atoms with Gasteiger partial charge in [-0.3, -0.25) is 0 Å². The van der Waals surface area contributed by atoms with Gasteiger partial charge in [-0.05, 0) is 40.0 Å². The minimum absolute atomic E-state index is 0.267. The van der Waals surface area contributed by atoms with E-state index >= 15 is 0 Å². The first kappa shape index (κ1) is 19.1. The highest BCUT2D eigenvalue weighted by molar-refractivity contribution is 5.91. The molecule has 0 aromatic rings. The minimum atomic E-state index is -1.14. The van der Waals surface area contributed by atoms with E-state index in [2.05, 4.69) is 6.58 Å². The molecule has 7 atom stereocenters. The monoisotopic (exact) mass is 364 g/mol. The van der Waals surface area contributed by atoms with Crippen LogP contribution in [0, 0.1) is 17.3 Å². The van der Waals surface area contributed by atoms with Crippen LogP contribution in [0.3, 0.4) is 0 Å². The highest BCUT2D eigenvalue weighted by Crippen LogP contribution is 2.59. The molecule has 3 aliphatic rings. The van der Waals surface area contributed by atoms with Gasteiger partial charge in [-0.15, -0.1) is 0 Å². The molecule has 6 nitrogen and oxygen atoms in total. The lowest BCUT2D eigenvalue weighted by Gasteiger charge is -2.59. The maximum atomic E-state index is 12.5. The summed E-state index contributed by atoms with van der Waals surface area (Å²) in [4.78, 5) is 24.6. The Morgan fingerprint density at radius 2 is 2.08 bits per heavy atom. The Labute approximate surface area is 153 Å². The van der Waals surface area contributed by atoms with E-state index in [1.54, 1.807) is 26.8 Å². The number of aliphatic hydroxyl groups is 2. The van der Waals surface area contributed by atoms with Crippen molar-refractivity contribution in [3.8, 4) is 0 Å². The molecular weight excluding hydrogens is 336 g/mol. The fourth-order valence-corrected chi connectivity index (χ4v) is 5.17. The number of carbonyl (C=O) groups is 2. The van der Waals surface area contributed by atoms with Crippen molar-refractivity contribution in [3.63, 3.8) is 0 Å². The molecule has 2 N–H and O–H groups in total. The maximum Gasteiger partial charge on any atom is 0.334 e. The van der Waals surface area contributed by atoms with Crippen LogP contribution in [-0.2, 0) is 19.1 Å². The summed E-state index contributed by atoms with van der Waals surface area (Å²) in [6.07, 6.45) is 0.922. The van der Waals surface area contributed by atoms with Crippen LogP contribution in [0.5, 0.6) is 0 Å². The average molecular weight is 364 g/mol. The molecule has 6 heteroatoms. The zero-order valence-electron chi connectivity index (χ0n) is 15.8. The van der Waals surface area contributed by atoms with E-state index in [-0.39, 0.29) is 5.57 Å². The highest BCUT2D eigenvalue weighted by atomic mass is 16.6. The predicted octanol–water partition coefficient (Wildman–Crippen LogP) is 1.89. The van der Waals surface area contributed by atoms with Crippen LogP contribution >= 0.6 is 0 Å². The Bertz CT molecular complexity index is 678. The molecule has 0 radical (unpaired) electrons. The third-order valence-corrected chi connectivity index (χ3v) is 6.71. The quantitative estimate of drug-likeness (QED) is 0.574. The number of ether oxygens (including phenoxy) is 2. The third-order valence-electron chi connectivity index (χ3n) is 6.71. The molecule has 0 spiro atoms. The van der Waals surface area contributed by atoms with E-state index in [4.69, 9.17) is 9.47 Å². The molecule has 0 bridgehead atoms. The molecule has 26 heavy (non-hydrogen) atoms. The first-order valence-corrected chi connectivity index (χ1v) is 9.17. The van der Waals surface area contributed by atoms with Crippen molar-refractivity contribution in [1.29, 1.82) is 0 Å². The summed E-state index contributed by atoms with van der Waals surface area (Å²) >= 11 is 0. The van der Waals surface area contributed by atoms with E-state index in [0.717, 1.165) is 0 Å². The van der Waals surface area contributed by atoms with E-state index < -0.39 is 53.1 Å². The van der Waals surface area contributed by atoms with Crippen molar-refractivity contribution < 1.29 is 29.3 Å². The topological polar surface area (TPSA) is 93.1 Å². The number of aliphatic hydroxyl groups excluding tert-OH is 1. The van der Waals surface area contributed by atoms with E-state index in [1.807, 2.05) is 6.92 Å². The first-order valence-electron chi connectivity index (χ1n) is 9.17. The number of hydrogen-bond acceptors (Lipinski definition) is 6. The molecule has 0 aromatic carbocycles. The fraction of sp³-hybridized carbons (Fsp3) is 0.700. The summed E-state index contributed by atoms with van der Waals surface area (Å²) in [6, 6.07) is 0. The van der Waals surface area contributed by atoms with Crippen LogP contribution in [-0.4, -0.2) is 46.1 Å². The maximum absolute atomic E-state index is 12.5. The van der Waals surface area contributed by atoms with Crippen LogP contribution in [0.25, 0.3) is 0 Å². The van der Waals surface area contributed by atoms with E-state index in [1.165, 1.54) is 0 Å². The normalized spacial score (nSPS) is 45.6. The summed E-state index contributed by atoms with van der Waals surface area (Å²) in [5.41, 5.74) is -1.16. The Morgan fingerprint density at radius 1 is 1.42 bits per heavy atom. The molecule has 144 valence electrons. The van der Waals surface area contributed by atoms with Gasteiger partial charge in [0, 0.05) is 22.5 Å². The average Bonchev–Trinajstić information content (AvgIpc) is 2.84. The smallest absolute Gasteiger partial charge is 0.334 e. The Hall–Kier alpha value is -1.66. The van der Waals surface area contributed by atoms with Gasteiger partial charge in [0.2, 0.25) is 0 Å². The van der Waals surface area contributed by atoms with Crippen molar-refractivity contribution in [1.82, 2.24) is 0 Å². The van der Waals surface area contributed by atoms with Crippen LogP contribution in [0.15, 0.2) is 23.8 Å². The van der Waals surface area contributed by atoms with Gasteiger partial charge in [-0.2, -0.15) is 0 Å². The second-order valence-corrected chi connectivity index (χ2v) is 8.44. The van der Waals surface area contributed by atoms with Gasteiger partial charge in [-0.25, -0.2) is 9.59 Å². The third kappa shape index (κ3) is 2.70. The largest absolute Gasteiger partial charge is 0.458 e. The second kappa shape index (κ2) is 6.20. The number of rotatable bonds is 2. The van der Waals surface area contributed by atoms with Gasteiger partial charge < -0.3 is 19.7 Å². The van der Waals surface area contributed by atoms with Crippen molar-refractivity contribution in [2.75, 3.05) is 0 Å². The van der Waals surface area contributed by atoms with Crippen molar-refractivity contribution in [2.45, 2.75) is 70.9 Å². The first-order chi connectivity index (χ1) is 12.0.